The van der Waals surface area contributed by atoms with Crippen LogP contribution in [0.1, 0.15) is 25.3 Å². The molecule has 152 valence electrons. The van der Waals surface area contributed by atoms with Crippen molar-refractivity contribution >= 4 is 55.1 Å². The van der Waals surface area contributed by atoms with E-state index in [2.05, 4.69) is 21.2 Å². The van der Waals surface area contributed by atoms with Crippen LogP contribution in [-0.4, -0.2) is 31.7 Å². The molecular formula is C19H21BrCl2N2O3S. The first-order valence-corrected chi connectivity index (χ1v) is 11.7. The fourth-order valence-corrected chi connectivity index (χ4v) is 4.41. The van der Waals surface area contributed by atoms with Gasteiger partial charge in [0.05, 0.1) is 21.5 Å². The van der Waals surface area contributed by atoms with Gasteiger partial charge in [0.2, 0.25) is 15.9 Å². The Morgan fingerprint density at radius 3 is 2.39 bits per heavy atom. The molecule has 0 saturated carbocycles. The third-order valence-electron chi connectivity index (χ3n) is 3.97. The molecule has 0 heterocycles. The molecule has 0 atom stereocenters. The number of benzene rings is 2. The highest BCUT2D eigenvalue weighted by atomic mass is 79.9. The Bertz CT molecular complexity index is 921. The summed E-state index contributed by atoms with van der Waals surface area (Å²) >= 11 is 15.3. The number of sulfonamides is 1. The molecule has 0 saturated heterocycles. The van der Waals surface area contributed by atoms with Gasteiger partial charge in [0.15, 0.2) is 0 Å². The quantitative estimate of drug-likeness (QED) is 0.492. The van der Waals surface area contributed by atoms with Crippen molar-refractivity contribution in [2.45, 2.75) is 31.2 Å². The van der Waals surface area contributed by atoms with Gasteiger partial charge in [-0.15, -0.1) is 0 Å². The molecule has 28 heavy (non-hydrogen) atoms. The van der Waals surface area contributed by atoms with Crippen molar-refractivity contribution in [2.75, 3.05) is 13.1 Å². The maximum Gasteiger partial charge on any atom is 0.243 e. The monoisotopic (exact) mass is 506 g/mol. The lowest BCUT2D eigenvalue weighted by Gasteiger charge is -2.22. The van der Waals surface area contributed by atoms with Gasteiger partial charge in [-0.1, -0.05) is 58.5 Å². The first kappa shape index (κ1) is 23.2. The Morgan fingerprint density at radius 1 is 1.11 bits per heavy atom. The van der Waals surface area contributed by atoms with Crippen LogP contribution in [0.4, 0.5) is 0 Å². The smallest absolute Gasteiger partial charge is 0.243 e. The van der Waals surface area contributed by atoms with Crippen molar-refractivity contribution in [1.82, 2.24) is 9.62 Å². The highest BCUT2D eigenvalue weighted by molar-refractivity contribution is 9.10. The van der Waals surface area contributed by atoms with Gasteiger partial charge in [-0.3, -0.25) is 4.79 Å². The van der Waals surface area contributed by atoms with E-state index in [4.69, 9.17) is 23.2 Å². The number of hydrogen-bond donors (Lipinski definition) is 1. The molecule has 2 rings (SSSR count). The predicted octanol–water partition coefficient (Wildman–Crippen LogP) is 4.86. The van der Waals surface area contributed by atoms with Gasteiger partial charge in [0, 0.05) is 17.6 Å². The van der Waals surface area contributed by atoms with E-state index in [1.165, 1.54) is 12.1 Å². The van der Waals surface area contributed by atoms with Gasteiger partial charge in [0.1, 0.15) is 0 Å². The molecule has 0 aliphatic heterocycles. The number of carbonyl (C=O) groups excluding carboxylic acids is 1. The van der Waals surface area contributed by atoms with Crippen LogP contribution in [0.2, 0.25) is 10.0 Å². The molecule has 2 aromatic carbocycles. The molecule has 0 aliphatic rings. The van der Waals surface area contributed by atoms with Crippen LogP contribution in [0, 0.1) is 0 Å². The van der Waals surface area contributed by atoms with Crippen molar-refractivity contribution in [3.63, 3.8) is 0 Å². The van der Waals surface area contributed by atoms with Crippen molar-refractivity contribution < 1.29 is 13.2 Å². The van der Waals surface area contributed by atoms with Gasteiger partial charge in [0.25, 0.3) is 0 Å². The minimum Gasteiger partial charge on any atom is -0.355 e. The van der Waals surface area contributed by atoms with Crippen LogP contribution in [0.3, 0.4) is 0 Å². The van der Waals surface area contributed by atoms with Gasteiger partial charge in [-0.05, 0) is 48.4 Å². The standard InChI is InChI=1S/C19H21BrCl2N2O3S/c1-2-3-10-23-19(25)13-24(12-14-4-9-17(21)18(22)11-14)28(26,27)16-7-5-15(20)6-8-16/h4-9,11H,2-3,10,12-13H2,1H3,(H,23,25). The van der Waals surface area contributed by atoms with E-state index in [0.29, 0.717) is 22.2 Å². The molecule has 2 aromatic rings. The summed E-state index contributed by atoms with van der Waals surface area (Å²) < 4.78 is 28.2. The lowest BCUT2D eigenvalue weighted by molar-refractivity contribution is -0.121. The van der Waals surface area contributed by atoms with Crippen molar-refractivity contribution in [2.24, 2.45) is 0 Å². The average Bonchev–Trinajstić information content (AvgIpc) is 2.64. The Labute approximate surface area is 184 Å². The first-order valence-electron chi connectivity index (χ1n) is 8.70. The third-order valence-corrected chi connectivity index (χ3v) is 7.04. The third kappa shape index (κ3) is 6.46. The zero-order chi connectivity index (χ0) is 20.7. The van der Waals surface area contributed by atoms with E-state index in [-0.39, 0.29) is 23.9 Å². The Balaban J connectivity index is 2.30. The fraction of sp³-hybridized carbons (Fsp3) is 0.316. The zero-order valence-electron chi connectivity index (χ0n) is 15.3. The van der Waals surface area contributed by atoms with Crippen LogP contribution in [0.15, 0.2) is 51.8 Å². The van der Waals surface area contributed by atoms with Gasteiger partial charge in [-0.25, -0.2) is 8.42 Å². The summed E-state index contributed by atoms with van der Waals surface area (Å²) in [5.41, 5.74) is 0.636. The maximum atomic E-state index is 13.1. The van der Waals surface area contributed by atoms with Crippen molar-refractivity contribution in [1.29, 1.82) is 0 Å². The second-order valence-corrected chi connectivity index (χ2v) is 9.85. The SMILES string of the molecule is CCCCNC(=O)CN(Cc1ccc(Cl)c(Cl)c1)S(=O)(=O)c1ccc(Br)cc1. The maximum absolute atomic E-state index is 13.1. The van der Waals surface area contributed by atoms with E-state index in [0.717, 1.165) is 21.6 Å². The van der Waals surface area contributed by atoms with E-state index in [1.54, 1.807) is 30.3 Å². The molecule has 0 spiro atoms. The molecule has 1 amide bonds. The molecule has 0 aromatic heterocycles. The van der Waals surface area contributed by atoms with Crippen LogP contribution < -0.4 is 5.32 Å². The zero-order valence-corrected chi connectivity index (χ0v) is 19.2. The second-order valence-electron chi connectivity index (χ2n) is 6.18. The van der Waals surface area contributed by atoms with E-state index in [9.17, 15) is 13.2 Å². The molecule has 0 fully saturated rings. The average molecular weight is 508 g/mol. The van der Waals surface area contributed by atoms with Gasteiger partial charge < -0.3 is 5.32 Å². The summed E-state index contributed by atoms with van der Waals surface area (Å²) in [6.45, 7) is 2.23. The van der Waals surface area contributed by atoms with Crippen LogP contribution in [0.5, 0.6) is 0 Å². The van der Waals surface area contributed by atoms with E-state index in [1.807, 2.05) is 6.92 Å². The molecule has 1 N–H and O–H groups in total. The number of halogens is 3. The van der Waals surface area contributed by atoms with Crippen molar-refractivity contribution in [3.05, 3.63) is 62.5 Å². The summed E-state index contributed by atoms with van der Waals surface area (Å²) in [6, 6.07) is 11.2. The molecule has 0 bridgehead atoms. The largest absolute Gasteiger partial charge is 0.355 e. The van der Waals surface area contributed by atoms with E-state index < -0.39 is 10.0 Å². The Kier molecular flexibility index (Phi) is 8.77. The molecule has 0 radical (unpaired) electrons. The fourth-order valence-electron chi connectivity index (χ4n) is 2.44. The molecule has 5 nitrogen and oxygen atoms in total. The number of nitrogens with zero attached hydrogens (tertiary/aromatic N) is 1. The first-order chi connectivity index (χ1) is 13.2. The highest BCUT2D eigenvalue weighted by Gasteiger charge is 2.27. The second kappa shape index (κ2) is 10.6. The normalized spacial score (nSPS) is 11.6. The number of unbranched alkanes of at least 4 members (excludes halogenated alkanes) is 1. The summed E-state index contributed by atoms with van der Waals surface area (Å²) in [7, 11) is -3.89. The molecule has 0 aliphatic carbocycles. The Hall–Kier alpha value is -1.12. The summed E-state index contributed by atoms with van der Waals surface area (Å²) in [6.07, 6.45) is 1.77. The topological polar surface area (TPSA) is 66.5 Å². The predicted molar refractivity (Wildman–Crippen MR) is 116 cm³/mol. The van der Waals surface area contributed by atoms with Gasteiger partial charge >= 0.3 is 0 Å². The van der Waals surface area contributed by atoms with Crippen LogP contribution in [0.25, 0.3) is 0 Å². The summed E-state index contributed by atoms with van der Waals surface area (Å²) in [4.78, 5) is 12.4. The van der Waals surface area contributed by atoms with Gasteiger partial charge in [-0.2, -0.15) is 4.31 Å². The van der Waals surface area contributed by atoms with E-state index >= 15 is 0 Å². The summed E-state index contributed by atoms with van der Waals surface area (Å²) in [5, 5.41) is 3.46. The summed E-state index contributed by atoms with van der Waals surface area (Å²) in [5.74, 6) is -0.353. The van der Waals surface area contributed by atoms with Crippen LogP contribution in [-0.2, 0) is 21.4 Å². The molecular weight excluding hydrogens is 487 g/mol. The lowest BCUT2D eigenvalue weighted by Crippen LogP contribution is -2.40. The lowest BCUT2D eigenvalue weighted by atomic mass is 10.2. The Morgan fingerprint density at radius 2 is 1.79 bits per heavy atom. The number of carbonyl (C=O) groups is 1. The van der Waals surface area contributed by atoms with Crippen LogP contribution >= 0.6 is 39.1 Å². The number of rotatable bonds is 9. The number of hydrogen-bond acceptors (Lipinski definition) is 3. The number of nitrogens with one attached hydrogen (secondary N) is 1. The molecule has 9 heteroatoms. The van der Waals surface area contributed by atoms with Crippen molar-refractivity contribution in [3.8, 4) is 0 Å². The minimum absolute atomic E-state index is 0.00349. The number of amides is 1. The minimum atomic E-state index is -3.89. The molecule has 0 unspecified atom stereocenters. The highest BCUT2D eigenvalue weighted by Crippen LogP contribution is 2.25.